The van der Waals surface area contributed by atoms with Crippen LogP contribution in [0.2, 0.25) is 0 Å². The topological polar surface area (TPSA) is 97.4 Å². The molecule has 7 nitrogen and oxygen atoms in total. The number of nitrogens with one attached hydrogen (secondary N) is 2. The normalized spacial score (nSPS) is 13.0. The molecule has 1 aromatic rings. The Balaban J connectivity index is 2.88. The van der Waals surface area contributed by atoms with Crippen molar-refractivity contribution < 1.29 is 17.9 Å². The van der Waals surface area contributed by atoms with Crippen molar-refractivity contribution in [1.82, 2.24) is 9.71 Å². The molecule has 0 aliphatic rings. The molecule has 130 valence electrons. The zero-order chi connectivity index (χ0) is 17.9. The van der Waals surface area contributed by atoms with Gasteiger partial charge in [0.2, 0.25) is 15.9 Å². The second-order valence-electron chi connectivity index (χ2n) is 7.01. The van der Waals surface area contributed by atoms with Gasteiger partial charge in [-0.05, 0) is 46.8 Å². The van der Waals surface area contributed by atoms with E-state index < -0.39 is 21.0 Å². The molecule has 0 aliphatic heterocycles. The Hall–Kier alpha value is -1.51. The smallest absolute Gasteiger partial charge is 0.242 e. The standard InChI is InChI=1S/C15H25N3O4S/c1-14(2,3)18-23(20,21)11-7-8-12(16-9-11)17-13(19)15(4,5)10-22-6/h7-9,18H,10H2,1-6H3,(H,16,17,19). The second kappa shape index (κ2) is 6.94. The number of carbonyl (C=O) groups is 1. The van der Waals surface area contributed by atoms with Crippen LogP contribution in [-0.2, 0) is 19.6 Å². The summed E-state index contributed by atoms with van der Waals surface area (Å²) in [4.78, 5) is 16.2. The molecule has 0 bridgehead atoms. The maximum absolute atomic E-state index is 12.2. The van der Waals surface area contributed by atoms with Crippen molar-refractivity contribution in [3.05, 3.63) is 18.3 Å². The van der Waals surface area contributed by atoms with Gasteiger partial charge >= 0.3 is 0 Å². The van der Waals surface area contributed by atoms with Gasteiger partial charge in [-0.1, -0.05) is 0 Å². The Morgan fingerprint density at radius 1 is 1.22 bits per heavy atom. The number of amides is 1. The third kappa shape index (κ3) is 5.89. The van der Waals surface area contributed by atoms with E-state index >= 15 is 0 Å². The van der Waals surface area contributed by atoms with Gasteiger partial charge in [-0.25, -0.2) is 18.1 Å². The summed E-state index contributed by atoms with van der Waals surface area (Å²) in [6.07, 6.45) is 1.22. The number of carbonyl (C=O) groups excluding carboxylic acids is 1. The molecule has 1 heterocycles. The first kappa shape index (κ1) is 19.5. The van der Waals surface area contributed by atoms with E-state index in [4.69, 9.17) is 4.74 Å². The predicted molar refractivity (Wildman–Crippen MR) is 88.6 cm³/mol. The number of rotatable bonds is 6. The van der Waals surface area contributed by atoms with Gasteiger partial charge in [0.05, 0.1) is 12.0 Å². The van der Waals surface area contributed by atoms with E-state index in [-0.39, 0.29) is 23.2 Å². The highest BCUT2D eigenvalue weighted by Gasteiger charge is 2.28. The van der Waals surface area contributed by atoms with Gasteiger partial charge in [0.25, 0.3) is 0 Å². The van der Waals surface area contributed by atoms with Gasteiger partial charge in [-0.3, -0.25) is 4.79 Å². The van der Waals surface area contributed by atoms with Crippen molar-refractivity contribution in [3.63, 3.8) is 0 Å². The number of ether oxygens (including phenoxy) is 1. The van der Waals surface area contributed by atoms with E-state index in [0.717, 1.165) is 0 Å². The monoisotopic (exact) mass is 343 g/mol. The molecular formula is C15H25N3O4S. The van der Waals surface area contributed by atoms with Crippen LogP contribution in [0.15, 0.2) is 23.2 Å². The Labute approximate surface area is 137 Å². The summed E-state index contributed by atoms with van der Waals surface area (Å²) >= 11 is 0. The van der Waals surface area contributed by atoms with Crippen molar-refractivity contribution in [1.29, 1.82) is 0 Å². The fraction of sp³-hybridized carbons (Fsp3) is 0.600. The molecule has 0 fully saturated rings. The number of pyridine rings is 1. The fourth-order valence-electron chi connectivity index (χ4n) is 1.79. The third-order valence-electron chi connectivity index (χ3n) is 2.85. The summed E-state index contributed by atoms with van der Waals surface area (Å²) in [7, 11) is -2.12. The molecule has 0 saturated heterocycles. The Morgan fingerprint density at radius 3 is 2.26 bits per heavy atom. The second-order valence-corrected chi connectivity index (χ2v) is 8.69. The third-order valence-corrected chi connectivity index (χ3v) is 4.59. The van der Waals surface area contributed by atoms with Gasteiger partial charge in [-0.2, -0.15) is 0 Å². The van der Waals surface area contributed by atoms with Gasteiger partial charge in [0.15, 0.2) is 0 Å². The van der Waals surface area contributed by atoms with Gasteiger partial charge < -0.3 is 10.1 Å². The molecule has 0 spiro atoms. The van der Waals surface area contributed by atoms with Crippen LogP contribution in [0.1, 0.15) is 34.6 Å². The highest BCUT2D eigenvalue weighted by Crippen LogP contribution is 2.19. The van der Waals surface area contributed by atoms with Crippen molar-refractivity contribution in [2.24, 2.45) is 5.41 Å². The SMILES string of the molecule is COCC(C)(C)C(=O)Nc1ccc(S(=O)(=O)NC(C)(C)C)cn1. The lowest BCUT2D eigenvalue weighted by molar-refractivity contribution is -0.126. The number of aromatic nitrogens is 1. The van der Waals surface area contributed by atoms with Gasteiger partial charge in [-0.15, -0.1) is 0 Å². The predicted octanol–water partition coefficient (Wildman–Crippen LogP) is 1.77. The molecule has 0 unspecified atom stereocenters. The molecule has 0 radical (unpaired) electrons. The van der Waals surface area contributed by atoms with Crippen molar-refractivity contribution >= 4 is 21.7 Å². The molecule has 0 saturated carbocycles. The number of methoxy groups -OCH3 is 1. The Bertz CT molecular complexity index is 646. The Morgan fingerprint density at radius 2 is 1.83 bits per heavy atom. The fourth-order valence-corrected chi connectivity index (χ4v) is 3.15. The number of sulfonamides is 1. The van der Waals surface area contributed by atoms with Crippen molar-refractivity contribution in [3.8, 4) is 0 Å². The van der Waals surface area contributed by atoms with E-state index in [9.17, 15) is 13.2 Å². The number of nitrogens with zero attached hydrogens (tertiary/aromatic N) is 1. The maximum atomic E-state index is 12.2. The summed E-state index contributed by atoms with van der Waals surface area (Å²) in [6.45, 7) is 9.02. The van der Waals surface area contributed by atoms with Gasteiger partial charge in [0.1, 0.15) is 10.7 Å². The van der Waals surface area contributed by atoms with E-state index in [1.807, 2.05) is 0 Å². The highest BCUT2D eigenvalue weighted by molar-refractivity contribution is 7.89. The van der Waals surface area contributed by atoms with Crippen LogP contribution in [0.5, 0.6) is 0 Å². The molecule has 0 atom stereocenters. The minimum Gasteiger partial charge on any atom is -0.384 e. The average Bonchev–Trinajstić information content (AvgIpc) is 2.36. The summed E-state index contributed by atoms with van der Waals surface area (Å²) in [5.74, 6) is 0.0316. The van der Waals surface area contributed by atoms with E-state index in [1.165, 1.54) is 25.4 Å². The molecule has 1 amide bonds. The summed E-state index contributed by atoms with van der Waals surface area (Å²) in [5, 5.41) is 2.65. The largest absolute Gasteiger partial charge is 0.384 e. The molecule has 1 aromatic heterocycles. The number of hydrogen-bond acceptors (Lipinski definition) is 5. The first-order valence-corrected chi connectivity index (χ1v) is 8.66. The average molecular weight is 343 g/mol. The van der Waals surface area contributed by atoms with E-state index in [0.29, 0.717) is 0 Å². The van der Waals surface area contributed by atoms with Gasteiger partial charge in [0, 0.05) is 18.8 Å². The van der Waals surface area contributed by atoms with E-state index in [1.54, 1.807) is 34.6 Å². The quantitative estimate of drug-likeness (QED) is 0.820. The lowest BCUT2D eigenvalue weighted by Crippen LogP contribution is -2.40. The zero-order valence-corrected chi connectivity index (χ0v) is 15.2. The summed E-state index contributed by atoms with van der Waals surface area (Å²) in [6, 6.07) is 2.86. The minimum atomic E-state index is -3.65. The minimum absolute atomic E-state index is 0.0431. The highest BCUT2D eigenvalue weighted by atomic mass is 32.2. The summed E-state index contributed by atoms with van der Waals surface area (Å²) < 4.78 is 31.9. The number of anilines is 1. The molecule has 0 aliphatic carbocycles. The van der Waals surface area contributed by atoms with Crippen molar-refractivity contribution in [2.75, 3.05) is 19.0 Å². The molecule has 8 heteroatoms. The van der Waals surface area contributed by atoms with Crippen LogP contribution in [0.3, 0.4) is 0 Å². The first-order chi connectivity index (χ1) is 10.4. The molecule has 23 heavy (non-hydrogen) atoms. The van der Waals surface area contributed by atoms with Crippen LogP contribution in [0.25, 0.3) is 0 Å². The van der Waals surface area contributed by atoms with Crippen LogP contribution in [-0.4, -0.2) is 38.6 Å². The molecule has 2 N–H and O–H groups in total. The first-order valence-electron chi connectivity index (χ1n) is 7.18. The molecular weight excluding hydrogens is 318 g/mol. The van der Waals surface area contributed by atoms with Crippen molar-refractivity contribution in [2.45, 2.75) is 45.1 Å². The lowest BCUT2D eigenvalue weighted by atomic mass is 9.94. The lowest BCUT2D eigenvalue weighted by Gasteiger charge is -2.22. The number of hydrogen-bond donors (Lipinski definition) is 2. The van der Waals surface area contributed by atoms with E-state index in [2.05, 4.69) is 15.0 Å². The van der Waals surface area contributed by atoms with Crippen LogP contribution >= 0.6 is 0 Å². The van der Waals surface area contributed by atoms with Crippen LogP contribution in [0.4, 0.5) is 5.82 Å². The summed E-state index contributed by atoms with van der Waals surface area (Å²) in [5.41, 5.74) is -1.30. The molecule has 1 rings (SSSR count). The Kier molecular flexibility index (Phi) is 5.89. The van der Waals surface area contributed by atoms with Crippen LogP contribution < -0.4 is 10.0 Å². The maximum Gasteiger partial charge on any atom is 0.242 e. The molecule has 0 aromatic carbocycles. The zero-order valence-electron chi connectivity index (χ0n) is 14.4. The van der Waals surface area contributed by atoms with Crippen LogP contribution in [0, 0.1) is 5.41 Å².